The molecule has 32 heavy (non-hydrogen) atoms. The number of amides is 1. The first-order valence-corrected chi connectivity index (χ1v) is 11.0. The third-order valence-corrected chi connectivity index (χ3v) is 6.11. The van der Waals surface area contributed by atoms with Gasteiger partial charge in [0.1, 0.15) is 6.54 Å². The van der Waals surface area contributed by atoms with Crippen LogP contribution in [0, 0.1) is 12.8 Å². The second-order valence-corrected chi connectivity index (χ2v) is 8.37. The van der Waals surface area contributed by atoms with Crippen LogP contribution in [0.5, 0.6) is 0 Å². The molecule has 0 aliphatic carbocycles. The fourth-order valence-electron chi connectivity index (χ4n) is 4.41. The number of rotatable bonds is 4. The summed E-state index contributed by atoms with van der Waals surface area (Å²) in [5.74, 6) is 1.19. The van der Waals surface area contributed by atoms with Crippen LogP contribution >= 0.6 is 24.0 Å². The highest BCUT2D eigenvalue weighted by atomic mass is 127. The van der Waals surface area contributed by atoms with Gasteiger partial charge in [-0.3, -0.25) is 14.5 Å². The maximum Gasteiger partial charge on any atom is 0.246 e. The standard InChI is InChI=1S/C23H32N6O2.HI/c1-17-6-8-18(9-7-17)22-19(5-4-12-31-22)13-25-23(24-2)28-10-11-29(21(30)16-28)20-14-26-27(3)15-20;/h6-9,14-15,19,22H,4-5,10-13,16H2,1-3H3,(H,24,25);1H. The lowest BCUT2D eigenvalue weighted by Gasteiger charge is -2.37. The van der Waals surface area contributed by atoms with Gasteiger partial charge in [-0.25, -0.2) is 0 Å². The van der Waals surface area contributed by atoms with Gasteiger partial charge in [-0.05, 0) is 25.3 Å². The highest BCUT2D eigenvalue weighted by Gasteiger charge is 2.30. The van der Waals surface area contributed by atoms with Crippen LogP contribution in [0.4, 0.5) is 5.69 Å². The molecule has 2 fully saturated rings. The summed E-state index contributed by atoms with van der Waals surface area (Å²) in [6, 6.07) is 8.63. The van der Waals surface area contributed by atoms with Crippen LogP contribution in [0.1, 0.15) is 30.1 Å². The minimum Gasteiger partial charge on any atom is -0.373 e. The first-order valence-electron chi connectivity index (χ1n) is 11.0. The fourth-order valence-corrected chi connectivity index (χ4v) is 4.41. The van der Waals surface area contributed by atoms with Gasteiger partial charge in [0.2, 0.25) is 5.91 Å². The molecule has 0 saturated carbocycles. The number of carbonyl (C=O) groups excluding carboxylic acids is 1. The van der Waals surface area contributed by atoms with E-state index in [1.807, 2.05) is 18.1 Å². The monoisotopic (exact) mass is 552 g/mol. The maximum absolute atomic E-state index is 12.7. The Balaban J connectivity index is 0.00000289. The lowest BCUT2D eigenvalue weighted by atomic mass is 9.89. The van der Waals surface area contributed by atoms with Crippen LogP contribution in [0.15, 0.2) is 41.7 Å². The number of piperazine rings is 1. The quantitative estimate of drug-likeness (QED) is 0.359. The first-order chi connectivity index (χ1) is 15.0. The van der Waals surface area contributed by atoms with E-state index in [0.29, 0.717) is 19.0 Å². The van der Waals surface area contributed by atoms with Crippen molar-refractivity contribution in [3.05, 3.63) is 47.8 Å². The third kappa shape index (κ3) is 5.61. The smallest absolute Gasteiger partial charge is 0.246 e. The summed E-state index contributed by atoms with van der Waals surface area (Å²) in [6.45, 7) is 5.31. The number of nitrogens with zero attached hydrogens (tertiary/aromatic N) is 5. The topological polar surface area (TPSA) is 75.0 Å². The molecule has 1 aromatic heterocycles. The Morgan fingerprint density at radius 2 is 2.06 bits per heavy atom. The van der Waals surface area contributed by atoms with Gasteiger partial charge < -0.3 is 19.9 Å². The van der Waals surface area contributed by atoms with Crippen LogP contribution < -0.4 is 10.2 Å². The third-order valence-electron chi connectivity index (χ3n) is 6.11. The number of hydrogen-bond acceptors (Lipinski definition) is 4. The zero-order valence-corrected chi connectivity index (χ0v) is 21.4. The van der Waals surface area contributed by atoms with Crippen molar-refractivity contribution in [3.8, 4) is 0 Å². The zero-order valence-electron chi connectivity index (χ0n) is 19.0. The van der Waals surface area contributed by atoms with Crippen molar-refractivity contribution in [2.45, 2.75) is 25.9 Å². The van der Waals surface area contributed by atoms with Gasteiger partial charge in [0.15, 0.2) is 5.96 Å². The molecular weight excluding hydrogens is 519 g/mol. The number of benzene rings is 1. The summed E-state index contributed by atoms with van der Waals surface area (Å²) in [6.07, 6.45) is 5.86. The van der Waals surface area contributed by atoms with Crippen molar-refractivity contribution in [3.63, 3.8) is 0 Å². The second-order valence-electron chi connectivity index (χ2n) is 8.37. The van der Waals surface area contributed by atoms with Crippen molar-refractivity contribution >= 4 is 41.5 Å². The number of nitrogens with one attached hydrogen (secondary N) is 1. The van der Waals surface area contributed by atoms with E-state index in [-0.39, 0.29) is 36.0 Å². The summed E-state index contributed by atoms with van der Waals surface area (Å²) in [5.41, 5.74) is 3.33. The van der Waals surface area contributed by atoms with E-state index in [4.69, 9.17) is 4.74 Å². The highest BCUT2D eigenvalue weighted by Crippen LogP contribution is 2.33. The van der Waals surface area contributed by atoms with Gasteiger partial charge in [-0.2, -0.15) is 5.10 Å². The second kappa shape index (κ2) is 11.1. The summed E-state index contributed by atoms with van der Waals surface area (Å²) in [5, 5.41) is 7.68. The van der Waals surface area contributed by atoms with Crippen molar-refractivity contribution in [2.24, 2.45) is 18.0 Å². The Morgan fingerprint density at radius 3 is 2.72 bits per heavy atom. The number of anilines is 1. The van der Waals surface area contributed by atoms with E-state index in [2.05, 4.69) is 46.6 Å². The minimum atomic E-state index is 0. The van der Waals surface area contributed by atoms with Crippen LogP contribution in [-0.2, 0) is 16.6 Å². The lowest BCUT2D eigenvalue weighted by molar-refractivity contribution is -0.120. The lowest BCUT2D eigenvalue weighted by Crippen LogP contribution is -2.56. The number of aromatic nitrogens is 2. The molecule has 3 heterocycles. The van der Waals surface area contributed by atoms with Gasteiger partial charge in [0.05, 0.1) is 18.0 Å². The van der Waals surface area contributed by atoms with Crippen molar-refractivity contribution in [1.82, 2.24) is 20.0 Å². The summed E-state index contributed by atoms with van der Waals surface area (Å²) < 4.78 is 7.86. The van der Waals surface area contributed by atoms with E-state index >= 15 is 0 Å². The minimum absolute atomic E-state index is 0. The van der Waals surface area contributed by atoms with Gasteiger partial charge in [-0.15, -0.1) is 24.0 Å². The van der Waals surface area contributed by atoms with Crippen LogP contribution in [0.25, 0.3) is 0 Å². The maximum atomic E-state index is 12.7. The molecule has 4 rings (SSSR count). The molecule has 2 aromatic rings. The number of ether oxygens (including phenoxy) is 1. The molecule has 0 spiro atoms. The van der Waals surface area contributed by atoms with Crippen LogP contribution in [0.3, 0.4) is 0 Å². The van der Waals surface area contributed by atoms with E-state index < -0.39 is 0 Å². The molecule has 1 N–H and O–H groups in total. The van der Waals surface area contributed by atoms with Crippen molar-refractivity contribution in [2.75, 3.05) is 44.7 Å². The van der Waals surface area contributed by atoms with Crippen LogP contribution in [-0.4, -0.2) is 66.4 Å². The Hall–Kier alpha value is -2.14. The van der Waals surface area contributed by atoms with Gasteiger partial charge in [-0.1, -0.05) is 29.8 Å². The zero-order chi connectivity index (χ0) is 21.8. The molecule has 1 aromatic carbocycles. The van der Waals surface area contributed by atoms with Crippen LogP contribution in [0.2, 0.25) is 0 Å². The molecule has 1 amide bonds. The molecule has 2 unspecified atom stereocenters. The Morgan fingerprint density at radius 1 is 1.28 bits per heavy atom. The molecule has 2 atom stereocenters. The van der Waals surface area contributed by atoms with Gasteiger partial charge >= 0.3 is 0 Å². The SMILES string of the molecule is CN=C(NCC1CCCOC1c1ccc(C)cc1)N1CCN(c2cnn(C)c2)C(=O)C1.I. The number of hydrogen-bond donors (Lipinski definition) is 1. The van der Waals surface area contributed by atoms with Crippen molar-refractivity contribution in [1.29, 1.82) is 0 Å². The molecule has 0 radical (unpaired) electrons. The van der Waals surface area contributed by atoms with E-state index in [1.165, 1.54) is 11.1 Å². The largest absolute Gasteiger partial charge is 0.373 e. The predicted molar refractivity (Wildman–Crippen MR) is 137 cm³/mol. The number of aliphatic imine (C=N–C) groups is 1. The first kappa shape index (κ1) is 24.5. The Bertz CT molecular complexity index is 929. The predicted octanol–water partition coefficient (Wildman–Crippen LogP) is 2.74. The summed E-state index contributed by atoms with van der Waals surface area (Å²) in [7, 11) is 3.63. The fraction of sp³-hybridized carbons (Fsp3) is 0.522. The van der Waals surface area contributed by atoms with Crippen molar-refractivity contribution < 1.29 is 9.53 Å². The van der Waals surface area contributed by atoms with Gasteiger partial charge in [0.25, 0.3) is 0 Å². The van der Waals surface area contributed by atoms with E-state index in [9.17, 15) is 4.79 Å². The molecular formula is C23H33IN6O2. The average molecular weight is 552 g/mol. The molecule has 2 aliphatic heterocycles. The summed E-state index contributed by atoms with van der Waals surface area (Å²) in [4.78, 5) is 21.0. The molecule has 8 nitrogen and oxygen atoms in total. The van der Waals surface area contributed by atoms with E-state index in [0.717, 1.165) is 44.2 Å². The Kier molecular flexibility index (Phi) is 8.52. The number of halogens is 1. The average Bonchev–Trinajstić information content (AvgIpc) is 3.21. The normalized spacial score (nSPS) is 22.0. The van der Waals surface area contributed by atoms with E-state index in [1.54, 1.807) is 22.8 Å². The van der Waals surface area contributed by atoms with Gasteiger partial charge in [0, 0.05) is 52.5 Å². The number of carbonyl (C=O) groups is 1. The highest BCUT2D eigenvalue weighted by molar-refractivity contribution is 14.0. The molecule has 2 saturated heterocycles. The molecule has 2 aliphatic rings. The molecule has 9 heteroatoms. The number of guanidine groups is 1. The Labute approximate surface area is 207 Å². The molecule has 174 valence electrons. The molecule has 0 bridgehead atoms. The summed E-state index contributed by atoms with van der Waals surface area (Å²) >= 11 is 0. The number of aryl methyl sites for hydroxylation is 2.